The molecule has 3 heteroatoms. The first-order valence-electron chi connectivity index (χ1n) is 3.29. The quantitative estimate of drug-likeness (QED) is 0.574. The van der Waals surface area contributed by atoms with Gasteiger partial charge in [-0.2, -0.15) is 0 Å². The fraction of sp³-hybridized carbons (Fsp3) is 0.571. The molecule has 0 fully saturated rings. The minimum absolute atomic E-state index is 0.0524. The van der Waals surface area contributed by atoms with Crippen molar-refractivity contribution in [3.63, 3.8) is 0 Å². The van der Waals surface area contributed by atoms with Gasteiger partial charge in [0.2, 0.25) is 5.91 Å². The molecule has 0 rings (SSSR count). The zero-order valence-electron chi connectivity index (χ0n) is 6.22. The highest BCUT2D eigenvalue weighted by Gasteiger charge is 1.95. The van der Waals surface area contributed by atoms with E-state index in [1.54, 1.807) is 0 Å². The van der Waals surface area contributed by atoms with Crippen LogP contribution >= 0.6 is 0 Å². The van der Waals surface area contributed by atoms with E-state index in [-0.39, 0.29) is 5.91 Å². The van der Waals surface area contributed by atoms with Crippen molar-refractivity contribution in [2.45, 2.75) is 13.3 Å². The molecular weight excluding hydrogens is 130 g/mol. The number of hydrogen-bond acceptors (Lipinski definition) is 2. The second-order valence-corrected chi connectivity index (χ2v) is 1.72. The highest BCUT2D eigenvalue weighted by Crippen LogP contribution is 1.81. The second-order valence-electron chi connectivity index (χ2n) is 1.72. The number of carbonyl (C=O) groups excluding carboxylic acids is 1. The van der Waals surface area contributed by atoms with Crippen molar-refractivity contribution in [2.24, 2.45) is 0 Å². The first-order chi connectivity index (χ1) is 4.81. The Labute approximate surface area is 61.1 Å². The number of hydrogen-bond donors (Lipinski definition) is 1. The third kappa shape index (κ3) is 5.31. The summed E-state index contributed by atoms with van der Waals surface area (Å²) in [5, 5.41) is 2.45. The summed E-state index contributed by atoms with van der Waals surface area (Å²) in [4.78, 5) is 10.7. The lowest BCUT2D eigenvalue weighted by molar-refractivity contribution is -0.121. The maximum Gasteiger partial charge on any atom is 0.226 e. The largest absolute Gasteiger partial charge is 0.381 e. The SMILES string of the molecule is C=CNC(=O)CCOCC. The van der Waals surface area contributed by atoms with Crippen LogP contribution < -0.4 is 5.32 Å². The van der Waals surface area contributed by atoms with Gasteiger partial charge < -0.3 is 10.1 Å². The fourth-order valence-corrected chi connectivity index (χ4v) is 0.495. The summed E-state index contributed by atoms with van der Waals surface area (Å²) in [6.07, 6.45) is 1.77. The standard InChI is InChI=1S/C7H13NO2/c1-3-8-7(9)5-6-10-4-2/h3H,1,4-6H2,2H3,(H,8,9). The third-order valence-corrected chi connectivity index (χ3v) is 0.941. The molecule has 0 aliphatic rings. The van der Waals surface area contributed by atoms with Crippen molar-refractivity contribution in [3.8, 4) is 0 Å². The Bertz CT molecular complexity index is 112. The molecule has 58 valence electrons. The maximum atomic E-state index is 10.7. The van der Waals surface area contributed by atoms with Crippen LogP contribution in [0.1, 0.15) is 13.3 Å². The Balaban J connectivity index is 3.13. The summed E-state index contributed by atoms with van der Waals surface area (Å²) in [7, 11) is 0. The molecule has 3 nitrogen and oxygen atoms in total. The summed E-state index contributed by atoms with van der Waals surface area (Å²) in [6.45, 7) is 6.39. The molecular formula is C7H13NO2. The smallest absolute Gasteiger partial charge is 0.226 e. The van der Waals surface area contributed by atoms with Gasteiger partial charge in [-0.15, -0.1) is 0 Å². The molecule has 0 aliphatic carbocycles. The molecule has 0 unspecified atom stereocenters. The van der Waals surface area contributed by atoms with E-state index in [1.807, 2.05) is 6.92 Å². The van der Waals surface area contributed by atoms with Crippen LogP contribution in [-0.2, 0) is 9.53 Å². The van der Waals surface area contributed by atoms with E-state index >= 15 is 0 Å². The van der Waals surface area contributed by atoms with Gasteiger partial charge in [-0.25, -0.2) is 0 Å². The van der Waals surface area contributed by atoms with Gasteiger partial charge in [-0.1, -0.05) is 6.58 Å². The van der Waals surface area contributed by atoms with Crippen LogP contribution in [0.25, 0.3) is 0 Å². The lowest BCUT2D eigenvalue weighted by Crippen LogP contribution is -2.18. The molecule has 1 amide bonds. The van der Waals surface area contributed by atoms with Gasteiger partial charge in [-0.05, 0) is 13.1 Å². The number of rotatable bonds is 5. The topological polar surface area (TPSA) is 38.3 Å². The molecule has 0 aliphatic heterocycles. The highest BCUT2D eigenvalue weighted by molar-refractivity contribution is 5.76. The Kier molecular flexibility index (Phi) is 5.77. The lowest BCUT2D eigenvalue weighted by Gasteiger charge is -1.98. The zero-order chi connectivity index (χ0) is 7.82. The second kappa shape index (κ2) is 6.29. The van der Waals surface area contributed by atoms with E-state index in [1.165, 1.54) is 6.20 Å². The Morgan fingerprint density at radius 1 is 1.80 bits per heavy atom. The van der Waals surface area contributed by atoms with Crippen molar-refractivity contribution < 1.29 is 9.53 Å². The van der Waals surface area contributed by atoms with Gasteiger partial charge in [0.05, 0.1) is 13.0 Å². The molecule has 0 saturated carbocycles. The Morgan fingerprint density at radius 2 is 2.50 bits per heavy atom. The van der Waals surface area contributed by atoms with Crippen LogP contribution in [0.3, 0.4) is 0 Å². The summed E-state index contributed by atoms with van der Waals surface area (Å²) in [5.74, 6) is -0.0524. The predicted octanol–water partition coefficient (Wildman–Crippen LogP) is 0.673. The van der Waals surface area contributed by atoms with Gasteiger partial charge in [0.25, 0.3) is 0 Å². The summed E-state index contributed by atoms with van der Waals surface area (Å²) in [6, 6.07) is 0. The maximum absolute atomic E-state index is 10.7. The van der Waals surface area contributed by atoms with Crippen LogP contribution in [0.15, 0.2) is 12.8 Å². The Morgan fingerprint density at radius 3 is 3.00 bits per heavy atom. The van der Waals surface area contributed by atoms with Gasteiger partial charge >= 0.3 is 0 Å². The number of nitrogens with one attached hydrogen (secondary N) is 1. The average Bonchev–Trinajstić information content (AvgIpc) is 1.89. The lowest BCUT2D eigenvalue weighted by atomic mass is 10.4. The first kappa shape index (κ1) is 9.17. The summed E-state index contributed by atoms with van der Waals surface area (Å²) < 4.78 is 4.96. The molecule has 1 N–H and O–H groups in total. The van der Waals surface area contributed by atoms with Gasteiger partial charge in [0, 0.05) is 6.61 Å². The number of amides is 1. The van der Waals surface area contributed by atoms with Crippen LogP contribution in [-0.4, -0.2) is 19.1 Å². The van der Waals surface area contributed by atoms with Crippen molar-refractivity contribution in [1.29, 1.82) is 0 Å². The normalized spacial score (nSPS) is 8.90. The van der Waals surface area contributed by atoms with E-state index in [0.29, 0.717) is 19.6 Å². The van der Waals surface area contributed by atoms with Crippen molar-refractivity contribution in [2.75, 3.05) is 13.2 Å². The molecule has 0 heterocycles. The average molecular weight is 143 g/mol. The van der Waals surface area contributed by atoms with Gasteiger partial charge in [0.15, 0.2) is 0 Å². The van der Waals surface area contributed by atoms with Crippen LogP contribution in [0.2, 0.25) is 0 Å². The molecule has 0 aromatic rings. The third-order valence-electron chi connectivity index (χ3n) is 0.941. The van der Waals surface area contributed by atoms with Crippen LogP contribution in [0.5, 0.6) is 0 Å². The fourth-order valence-electron chi connectivity index (χ4n) is 0.495. The monoisotopic (exact) mass is 143 g/mol. The molecule has 0 spiro atoms. The zero-order valence-corrected chi connectivity index (χ0v) is 6.22. The minimum atomic E-state index is -0.0524. The molecule has 0 aromatic heterocycles. The number of carbonyl (C=O) groups is 1. The van der Waals surface area contributed by atoms with Gasteiger partial charge in [0.1, 0.15) is 0 Å². The molecule has 0 saturated heterocycles. The molecule has 0 bridgehead atoms. The van der Waals surface area contributed by atoms with Crippen molar-refractivity contribution in [1.82, 2.24) is 5.32 Å². The molecule has 0 radical (unpaired) electrons. The number of ether oxygens (including phenoxy) is 1. The van der Waals surface area contributed by atoms with Crippen molar-refractivity contribution in [3.05, 3.63) is 12.8 Å². The first-order valence-corrected chi connectivity index (χ1v) is 3.29. The van der Waals surface area contributed by atoms with E-state index in [2.05, 4.69) is 11.9 Å². The Hall–Kier alpha value is -0.830. The van der Waals surface area contributed by atoms with Gasteiger partial charge in [-0.3, -0.25) is 4.79 Å². The van der Waals surface area contributed by atoms with E-state index in [9.17, 15) is 4.79 Å². The summed E-state index contributed by atoms with van der Waals surface area (Å²) >= 11 is 0. The van der Waals surface area contributed by atoms with E-state index in [0.717, 1.165) is 0 Å². The van der Waals surface area contributed by atoms with E-state index < -0.39 is 0 Å². The predicted molar refractivity (Wildman–Crippen MR) is 39.4 cm³/mol. The van der Waals surface area contributed by atoms with E-state index in [4.69, 9.17) is 4.74 Å². The van der Waals surface area contributed by atoms with Crippen LogP contribution in [0.4, 0.5) is 0 Å². The highest BCUT2D eigenvalue weighted by atomic mass is 16.5. The minimum Gasteiger partial charge on any atom is -0.381 e. The van der Waals surface area contributed by atoms with Crippen molar-refractivity contribution >= 4 is 5.91 Å². The molecule has 0 atom stereocenters. The molecule has 0 aromatic carbocycles. The van der Waals surface area contributed by atoms with Crippen LogP contribution in [0, 0.1) is 0 Å². The summed E-state index contributed by atoms with van der Waals surface area (Å²) in [5.41, 5.74) is 0. The molecule has 10 heavy (non-hydrogen) atoms.